The van der Waals surface area contributed by atoms with Gasteiger partial charge in [0.1, 0.15) is 0 Å². The summed E-state index contributed by atoms with van der Waals surface area (Å²) in [6, 6.07) is 18.1. The highest BCUT2D eigenvalue weighted by molar-refractivity contribution is 5.91. The van der Waals surface area contributed by atoms with E-state index in [1.54, 1.807) is 10.8 Å². The molecule has 1 fully saturated rings. The number of amides is 2. The molecule has 0 spiro atoms. The molecule has 156 valence electrons. The van der Waals surface area contributed by atoms with Gasteiger partial charge < -0.3 is 15.2 Å². The zero-order valence-corrected chi connectivity index (χ0v) is 17.5. The topological polar surface area (TPSA) is 70.1 Å². The van der Waals surface area contributed by atoms with E-state index >= 15 is 0 Å². The van der Waals surface area contributed by atoms with E-state index < -0.39 is 0 Å². The quantitative estimate of drug-likeness (QED) is 0.664. The Balaban J connectivity index is 1.43. The van der Waals surface area contributed by atoms with Crippen LogP contribution < -0.4 is 11.0 Å². The predicted molar refractivity (Wildman–Crippen MR) is 119 cm³/mol. The standard InChI is InChI=1S/C24H28N4O2/c1-17-16-25-23(29)28(17)22-11-7-6-10-21(22)26-24(30)27(2)20-14-12-19(13-15-20)18-8-4-3-5-9-18/h3-11,16,19-20H,12-15H2,1-2H3,(H,25,29)(H,26,30). The molecule has 30 heavy (non-hydrogen) atoms. The van der Waals surface area contributed by atoms with Gasteiger partial charge in [0.25, 0.3) is 0 Å². The molecular weight excluding hydrogens is 376 g/mol. The molecule has 1 heterocycles. The van der Waals surface area contributed by atoms with Crippen LogP contribution in [0.15, 0.2) is 65.6 Å². The van der Waals surface area contributed by atoms with Crippen LogP contribution in [0.5, 0.6) is 0 Å². The van der Waals surface area contributed by atoms with Crippen LogP contribution in [0.25, 0.3) is 5.69 Å². The Morgan fingerprint density at radius 2 is 1.70 bits per heavy atom. The number of aromatic nitrogens is 2. The second-order valence-electron chi connectivity index (χ2n) is 8.04. The Bertz CT molecular complexity index is 1060. The lowest BCUT2D eigenvalue weighted by molar-refractivity contribution is 0.181. The van der Waals surface area contributed by atoms with Gasteiger partial charge in [-0.3, -0.25) is 4.57 Å². The van der Waals surface area contributed by atoms with Gasteiger partial charge in [0.2, 0.25) is 0 Å². The number of nitrogens with zero attached hydrogens (tertiary/aromatic N) is 2. The van der Waals surface area contributed by atoms with Gasteiger partial charge in [-0.2, -0.15) is 0 Å². The predicted octanol–water partition coefficient (Wildman–Crippen LogP) is 4.66. The molecule has 1 aliphatic carbocycles. The number of urea groups is 1. The minimum Gasteiger partial charge on any atom is -0.325 e. The third-order valence-corrected chi connectivity index (χ3v) is 6.18. The maximum absolute atomic E-state index is 13.0. The van der Waals surface area contributed by atoms with E-state index in [1.807, 2.05) is 49.2 Å². The molecule has 1 aliphatic rings. The first-order valence-electron chi connectivity index (χ1n) is 10.5. The SMILES string of the molecule is Cc1c[nH]c(=O)n1-c1ccccc1NC(=O)N(C)C1CCC(c2ccccc2)CC1. The summed E-state index contributed by atoms with van der Waals surface area (Å²) in [5, 5.41) is 3.01. The van der Waals surface area contributed by atoms with Gasteiger partial charge >= 0.3 is 11.7 Å². The zero-order valence-electron chi connectivity index (χ0n) is 17.5. The fourth-order valence-corrected chi connectivity index (χ4v) is 4.42. The molecule has 2 aromatic carbocycles. The first kappa shape index (κ1) is 20.0. The minimum atomic E-state index is -0.221. The third kappa shape index (κ3) is 4.03. The smallest absolute Gasteiger partial charge is 0.325 e. The molecule has 2 amide bonds. The van der Waals surface area contributed by atoms with Crippen molar-refractivity contribution in [3.8, 4) is 5.69 Å². The molecular formula is C24H28N4O2. The lowest BCUT2D eigenvalue weighted by atomic mass is 9.81. The highest BCUT2D eigenvalue weighted by atomic mass is 16.2. The summed E-state index contributed by atoms with van der Waals surface area (Å²) in [5.41, 5.74) is 3.24. The van der Waals surface area contributed by atoms with Crippen LogP contribution in [-0.4, -0.2) is 33.6 Å². The Kier molecular flexibility index (Phi) is 5.74. The average Bonchev–Trinajstić information content (AvgIpc) is 3.12. The number of rotatable bonds is 4. The van der Waals surface area contributed by atoms with Crippen LogP contribution in [0.3, 0.4) is 0 Å². The Labute approximate surface area is 176 Å². The highest BCUT2D eigenvalue weighted by Crippen LogP contribution is 2.34. The molecule has 6 heteroatoms. The van der Waals surface area contributed by atoms with Gasteiger partial charge in [0.15, 0.2) is 0 Å². The molecule has 0 radical (unpaired) electrons. The summed E-state index contributed by atoms with van der Waals surface area (Å²) in [4.78, 5) is 29.7. The molecule has 2 N–H and O–H groups in total. The number of anilines is 1. The van der Waals surface area contributed by atoms with Crippen molar-refractivity contribution in [3.63, 3.8) is 0 Å². The number of hydrogen-bond acceptors (Lipinski definition) is 2. The second-order valence-corrected chi connectivity index (χ2v) is 8.04. The number of benzene rings is 2. The molecule has 0 bridgehead atoms. The number of H-pyrrole nitrogens is 1. The van der Waals surface area contributed by atoms with Crippen LogP contribution in [0.4, 0.5) is 10.5 Å². The summed E-state index contributed by atoms with van der Waals surface area (Å²) in [7, 11) is 1.86. The number of carbonyl (C=O) groups excluding carboxylic acids is 1. The zero-order chi connectivity index (χ0) is 21.1. The van der Waals surface area contributed by atoms with Crippen molar-refractivity contribution in [1.29, 1.82) is 0 Å². The lowest BCUT2D eigenvalue weighted by Crippen LogP contribution is -2.41. The first-order valence-corrected chi connectivity index (χ1v) is 10.5. The van der Waals surface area contributed by atoms with Crippen LogP contribution in [0.1, 0.15) is 42.9 Å². The fourth-order valence-electron chi connectivity index (χ4n) is 4.42. The average molecular weight is 405 g/mol. The number of carbonyl (C=O) groups is 1. The van der Waals surface area contributed by atoms with Crippen molar-refractivity contribution in [3.05, 3.63) is 82.5 Å². The van der Waals surface area contributed by atoms with Crippen LogP contribution >= 0.6 is 0 Å². The van der Waals surface area contributed by atoms with E-state index in [0.717, 1.165) is 31.4 Å². The van der Waals surface area contributed by atoms with Crippen LogP contribution in [-0.2, 0) is 0 Å². The van der Waals surface area contributed by atoms with Gasteiger partial charge in [-0.05, 0) is 56.2 Å². The maximum atomic E-state index is 13.0. The summed E-state index contributed by atoms with van der Waals surface area (Å²) in [5.74, 6) is 0.572. The number of imidazole rings is 1. The Morgan fingerprint density at radius 1 is 1.03 bits per heavy atom. The van der Waals surface area contributed by atoms with Crippen molar-refractivity contribution >= 4 is 11.7 Å². The summed E-state index contributed by atoms with van der Waals surface area (Å²) in [6.45, 7) is 1.85. The number of para-hydroxylation sites is 2. The molecule has 1 aromatic heterocycles. The van der Waals surface area contributed by atoms with Crippen LogP contribution in [0.2, 0.25) is 0 Å². The van der Waals surface area contributed by atoms with Gasteiger partial charge in [-0.25, -0.2) is 9.59 Å². The Hall–Kier alpha value is -3.28. The third-order valence-electron chi connectivity index (χ3n) is 6.18. The van der Waals surface area contributed by atoms with Crippen molar-refractivity contribution in [2.24, 2.45) is 0 Å². The number of aryl methyl sites for hydroxylation is 1. The number of hydrogen-bond donors (Lipinski definition) is 2. The molecule has 0 aliphatic heterocycles. The van der Waals surface area contributed by atoms with E-state index in [1.165, 1.54) is 5.56 Å². The largest absolute Gasteiger partial charge is 0.330 e. The first-order chi connectivity index (χ1) is 14.5. The fraction of sp³-hybridized carbons (Fsp3) is 0.333. The molecule has 4 rings (SSSR count). The molecule has 0 saturated heterocycles. The van der Waals surface area contributed by atoms with Gasteiger partial charge in [0.05, 0.1) is 11.4 Å². The summed E-state index contributed by atoms with van der Waals surface area (Å²) in [6.07, 6.45) is 5.81. The molecule has 6 nitrogen and oxygen atoms in total. The van der Waals surface area contributed by atoms with Crippen LogP contribution in [0, 0.1) is 6.92 Å². The minimum absolute atomic E-state index is 0.146. The van der Waals surface area contributed by atoms with Gasteiger partial charge in [-0.1, -0.05) is 42.5 Å². The monoisotopic (exact) mass is 404 g/mol. The van der Waals surface area contributed by atoms with Crippen molar-refractivity contribution in [2.45, 2.75) is 44.6 Å². The second kappa shape index (κ2) is 8.61. The number of aromatic amines is 1. The van der Waals surface area contributed by atoms with Gasteiger partial charge in [-0.15, -0.1) is 0 Å². The van der Waals surface area contributed by atoms with Crippen molar-refractivity contribution < 1.29 is 4.79 Å². The molecule has 0 unspecified atom stereocenters. The van der Waals surface area contributed by atoms with Crippen molar-refractivity contribution in [2.75, 3.05) is 12.4 Å². The van der Waals surface area contributed by atoms with Gasteiger partial charge in [0, 0.05) is 25.0 Å². The molecule has 1 saturated carbocycles. The summed E-state index contributed by atoms with van der Waals surface area (Å²) < 4.78 is 1.57. The molecule has 0 atom stereocenters. The van der Waals surface area contributed by atoms with E-state index in [-0.39, 0.29) is 17.8 Å². The maximum Gasteiger partial charge on any atom is 0.330 e. The van der Waals surface area contributed by atoms with E-state index in [2.05, 4.69) is 34.6 Å². The van der Waals surface area contributed by atoms with E-state index in [4.69, 9.17) is 0 Å². The number of nitrogens with one attached hydrogen (secondary N) is 2. The summed E-state index contributed by atoms with van der Waals surface area (Å²) >= 11 is 0. The van der Waals surface area contributed by atoms with E-state index in [0.29, 0.717) is 17.3 Å². The van der Waals surface area contributed by atoms with Crippen molar-refractivity contribution in [1.82, 2.24) is 14.5 Å². The molecule has 3 aromatic rings. The highest BCUT2D eigenvalue weighted by Gasteiger charge is 2.27. The normalized spacial score (nSPS) is 18.7. The Morgan fingerprint density at radius 3 is 2.37 bits per heavy atom. The lowest BCUT2D eigenvalue weighted by Gasteiger charge is -2.35. The van der Waals surface area contributed by atoms with E-state index in [9.17, 15) is 9.59 Å².